The summed E-state index contributed by atoms with van der Waals surface area (Å²) in [5.41, 5.74) is 4.63. The van der Waals surface area contributed by atoms with Crippen LogP contribution in [0.15, 0.2) is 64.1 Å². The van der Waals surface area contributed by atoms with Gasteiger partial charge in [0.25, 0.3) is 5.91 Å². The van der Waals surface area contributed by atoms with Crippen LogP contribution in [-0.2, 0) is 10.2 Å². The van der Waals surface area contributed by atoms with E-state index in [1.807, 2.05) is 18.2 Å². The minimum absolute atomic E-state index is 0.0483. The van der Waals surface area contributed by atoms with E-state index in [-0.39, 0.29) is 23.3 Å². The van der Waals surface area contributed by atoms with Crippen molar-refractivity contribution in [3.05, 3.63) is 76.0 Å². The molecular weight excluding hydrogens is 471 g/mol. The Bertz CT molecular complexity index is 1160. The second-order valence-electron chi connectivity index (χ2n) is 10.0. The molecule has 1 N–H and O–H groups in total. The van der Waals surface area contributed by atoms with Crippen LogP contribution in [0.5, 0.6) is 5.75 Å². The van der Waals surface area contributed by atoms with Crippen LogP contribution in [0.4, 0.5) is 0 Å². The largest absolute Gasteiger partial charge is 0.484 e. The quantitative estimate of drug-likeness (QED) is 0.257. The molecule has 3 aromatic rings. The summed E-state index contributed by atoms with van der Waals surface area (Å²) in [6.07, 6.45) is 2.47. The van der Waals surface area contributed by atoms with Crippen molar-refractivity contribution in [1.82, 2.24) is 5.43 Å². The van der Waals surface area contributed by atoms with Crippen molar-refractivity contribution in [3.8, 4) is 17.1 Å². The molecule has 0 saturated heterocycles. The van der Waals surface area contributed by atoms with E-state index < -0.39 is 0 Å². The van der Waals surface area contributed by atoms with E-state index in [1.54, 1.807) is 24.3 Å². The van der Waals surface area contributed by atoms with Crippen LogP contribution in [0.1, 0.15) is 52.4 Å². The van der Waals surface area contributed by atoms with Crippen molar-refractivity contribution >= 4 is 35.3 Å². The fraction of sp³-hybridized carbons (Fsp3) is 0.333. The lowest BCUT2D eigenvalue weighted by Gasteiger charge is -2.33. The molecular formula is C27H30Cl2N2O3. The molecule has 0 radical (unpaired) electrons. The Kier molecular flexibility index (Phi) is 8.11. The molecule has 0 spiro atoms. The molecule has 1 amide bonds. The van der Waals surface area contributed by atoms with Gasteiger partial charge in [-0.1, -0.05) is 76.0 Å². The molecule has 0 aliphatic heterocycles. The van der Waals surface area contributed by atoms with Crippen LogP contribution in [0.3, 0.4) is 0 Å². The molecule has 34 heavy (non-hydrogen) atoms. The predicted molar refractivity (Wildman–Crippen MR) is 139 cm³/mol. The maximum absolute atomic E-state index is 12.1. The smallest absolute Gasteiger partial charge is 0.277 e. The Morgan fingerprint density at radius 2 is 1.74 bits per heavy atom. The second-order valence-corrected chi connectivity index (χ2v) is 10.8. The first-order chi connectivity index (χ1) is 15.9. The molecule has 2 aromatic carbocycles. The first-order valence-electron chi connectivity index (χ1n) is 11.0. The Morgan fingerprint density at radius 1 is 1.03 bits per heavy atom. The number of hydrogen-bond donors (Lipinski definition) is 1. The number of carbonyl (C=O) groups excluding carboxylic acids is 1. The van der Waals surface area contributed by atoms with E-state index in [2.05, 4.69) is 57.3 Å². The standard InChI is InChI=1S/C27H30Cl2N2O3/c1-26(2,3)17-27(4,5)18-9-11-19(12-10-18)33-16-24(32)31-30-15-20-13-14-23(34-20)21-7-6-8-22(28)25(21)29/h6-15H,16-17H2,1-5H3,(H,31,32)/b30-15-. The Hall–Kier alpha value is -2.76. The molecule has 1 aromatic heterocycles. The molecule has 0 aliphatic rings. The molecule has 7 heteroatoms. The lowest BCUT2D eigenvalue weighted by molar-refractivity contribution is -0.123. The van der Waals surface area contributed by atoms with Crippen LogP contribution >= 0.6 is 23.2 Å². The molecule has 0 atom stereocenters. The normalized spacial score (nSPS) is 12.2. The maximum atomic E-state index is 12.1. The van der Waals surface area contributed by atoms with Crippen LogP contribution in [-0.4, -0.2) is 18.7 Å². The Morgan fingerprint density at radius 3 is 2.41 bits per heavy atom. The van der Waals surface area contributed by atoms with Gasteiger partial charge in [-0.05, 0) is 59.2 Å². The van der Waals surface area contributed by atoms with E-state index in [0.717, 1.165) is 6.42 Å². The molecule has 0 bridgehead atoms. The van der Waals surface area contributed by atoms with Crippen molar-refractivity contribution in [2.45, 2.75) is 46.5 Å². The number of carbonyl (C=O) groups is 1. The van der Waals surface area contributed by atoms with Crippen molar-refractivity contribution in [2.24, 2.45) is 10.5 Å². The summed E-state index contributed by atoms with van der Waals surface area (Å²) in [4.78, 5) is 12.1. The Labute approximate surface area is 211 Å². The van der Waals surface area contributed by atoms with Gasteiger partial charge in [-0.25, -0.2) is 5.43 Å². The minimum Gasteiger partial charge on any atom is -0.484 e. The third kappa shape index (κ3) is 7.12. The molecule has 3 rings (SSSR count). The van der Waals surface area contributed by atoms with Crippen molar-refractivity contribution < 1.29 is 13.9 Å². The van der Waals surface area contributed by atoms with Gasteiger partial charge < -0.3 is 9.15 Å². The molecule has 0 unspecified atom stereocenters. The summed E-state index contributed by atoms with van der Waals surface area (Å²) in [5, 5.41) is 4.78. The highest BCUT2D eigenvalue weighted by atomic mass is 35.5. The number of amides is 1. The summed E-state index contributed by atoms with van der Waals surface area (Å²) in [6.45, 7) is 11.1. The van der Waals surface area contributed by atoms with Gasteiger partial charge in [0.1, 0.15) is 17.3 Å². The second kappa shape index (κ2) is 10.7. The van der Waals surface area contributed by atoms with Crippen molar-refractivity contribution in [2.75, 3.05) is 6.61 Å². The minimum atomic E-state index is -0.377. The predicted octanol–water partition coefficient (Wildman–Crippen LogP) is 7.50. The summed E-state index contributed by atoms with van der Waals surface area (Å²) in [7, 11) is 0. The van der Waals surface area contributed by atoms with Crippen LogP contribution < -0.4 is 10.2 Å². The lowest BCUT2D eigenvalue weighted by atomic mass is 9.72. The van der Waals surface area contributed by atoms with Gasteiger partial charge in [-0.2, -0.15) is 5.10 Å². The number of halogens is 2. The third-order valence-electron chi connectivity index (χ3n) is 5.20. The number of nitrogens with one attached hydrogen (secondary N) is 1. The zero-order valence-corrected chi connectivity index (χ0v) is 21.6. The SMILES string of the molecule is CC(C)(C)CC(C)(C)c1ccc(OCC(=O)N/N=C\c2ccc(-c3cccc(Cl)c3Cl)o2)cc1. The number of ether oxygens (including phenoxy) is 1. The molecule has 1 heterocycles. The zero-order chi connectivity index (χ0) is 24.9. The third-order valence-corrected chi connectivity index (χ3v) is 6.02. The van der Waals surface area contributed by atoms with Crippen LogP contribution in [0.2, 0.25) is 10.0 Å². The zero-order valence-electron chi connectivity index (χ0n) is 20.1. The summed E-state index contributed by atoms with van der Waals surface area (Å²) in [5.74, 6) is 1.26. The monoisotopic (exact) mass is 500 g/mol. The number of hydrogen-bond acceptors (Lipinski definition) is 4. The number of nitrogens with zero attached hydrogens (tertiary/aromatic N) is 1. The van der Waals surface area contributed by atoms with Crippen LogP contribution in [0.25, 0.3) is 11.3 Å². The highest BCUT2D eigenvalue weighted by Crippen LogP contribution is 2.37. The number of benzene rings is 2. The topological polar surface area (TPSA) is 63.8 Å². The van der Waals surface area contributed by atoms with Gasteiger partial charge in [-0.3, -0.25) is 4.79 Å². The summed E-state index contributed by atoms with van der Waals surface area (Å²) < 4.78 is 11.3. The molecule has 5 nitrogen and oxygen atoms in total. The highest BCUT2D eigenvalue weighted by molar-refractivity contribution is 6.43. The first-order valence-corrected chi connectivity index (χ1v) is 11.8. The van der Waals surface area contributed by atoms with Gasteiger partial charge in [0.2, 0.25) is 0 Å². The van der Waals surface area contributed by atoms with E-state index in [1.165, 1.54) is 11.8 Å². The average molecular weight is 501 g/mol. The molecule has 0 saturated carbocycles. The van der Waals surface area contributed by atoms with E-state index >= 15 is 0 Å². The van der Waals surface area contributed by atoms with Gasteiger partial charge in [0.05, 0.1) is 16.3 Å². The van der Waals surface area contributed by atoms with Gasteiger partial charge in [0.15, 0.2) is 6.61 Å². The molecule has 0 fully saturated rings. The van der Waals surface area contributed by atoms with Gasteiger partial charge in [0, 0.05) is 5.56 Å². The van der Waals surface area contributed by atoms with Gasteiger partial charge >= 0.3 is 0 Å². The summed E-state index contributed by atoms with van der Waals surface area (Å²) >= 11 is 12.3. The van der Waals surface area contributed by atoms with Crippen LogP contribution in [0, 0.1) is 5.41 Å². The Balaban J connectivity index is 1.50. The van der Waals surface area contributed by atoms with Gasteiger partial charge in [-0.15, -0.1) is 0 Å². The summed E-state index contributed by atoms with van der Waals surface area (Å²) in [6, 6.07) is 16.7. The number of furan rings is 1. The maximum Gasteiger partial charge on any atom is 0.277 e. The number of rotatable bonds is 8. The molecule has 0 aliphatic carbocycles. The van der Waals surface area contributed by atoms with Crippen molar-refractivity contribution in [1.29, 1.82) is 0 Å². The fourth-order valence-corrected chi connectivity index (χ4v) is 4.43. The number of hydrazone groups is 1. The van der Waals surface area contributed by atoms with E-state index in [9.17, 15) is 4.79 Å². The average Bonchev–Trinajstić information content (AvgIpc) is 3.21. The first kappa shape index (κ1) is 25.9. The highest BCUT2D eigenvalue weighted by Gasteiger charge is 2.27. The van der Waals surface area contributed by atoms with E-state index in [4.69, 9.17) is 32.4 Å². The molecule has 180 valence electrons. The van der Waals surface area contributed by atoms with Crippen molar-refractivity contribution in [3.63, 3.8) is 0 Å². The lowest BCUT2D eigenvalue weighted by Crippen LogP contribution is -2.25. The van der Waals surface area contributed by atoms with E-state index in [0.29, 0.717) is 32.9 Å². The fourth-order valence-electron chi connectivity index (χ4n) is 4.04.